The molecule has 2 rings (SSSR count). The third-order valence-corrected chi connectivity index (χ3v) is 2.85. The van der Waals surface area contributed by atoms with E-state index in [-0.39, 0.29) is 17.4 Å². The van der Waals surface area contributed by atoms with E-state index < -0.39 is 0 Å². The number of furan rings is 1. The molecule has 0 atom stereocenters. The maximum atomic E-state index is 13.4. The summed E-state index contributed by atoms with van der Waals surface area (Å²) < 4.78 is 19.4. The van der Waals surface area contributed by atoms with Gasteiger partial charge in [-0.05, 0) is 49.4 Å². The molecule has 0 fully saturated rings. The van der Waals surface area contributed by atoms with E-state index in [1.165, 1.54) is 18.2 Å². The van der Waals surface area contributed by atoms with Crippen LogP contribution in [0.5, 0.6) is 0 Å². The predicted octanol–water partition coefficient (Wildman–Crippen LogP) is 4.39. The van der Waals surface area contributed by atoms with Crippen LogP contribution in [0.3, 0.4) is 0 Å². The van der Waals surface area contributed by atoms with Crippen LogP contribution in [0.15, 0.2) is 45.3 Å². The van der Waals surface area contributed by atoms with E-state index in [4.69, 9.17) is 4.42 Å². The zero-order chi connectivity index (χ0) is 13.1. The molecule has 2 nitrogen and oxygen atoms in total. The standard InChI is InChI=1S/C14H10BrFO2/c1-9-2-7-14(18-9)13(17)6-3-10-8-11(15)4-5-12(10)16/h2-8H,1H3. The lowest BCUT2D eigenvalue weighted by atomic mass is 10.1. The van der Waals surface area contributed by atoms with E-state index >= 15 is 0 Å². The molecule has 1 heterocycles. The van der Waals surface area contributed by atoms with Crippen LogP contribution < -0.4 is 0 Å². The molecule has 92 valence electrons. The highest BCUT2D eigenvalue weighted by Gasteiger charge is 2.06. The van der Waals surface area contributed by atoms with Gasteiger partial charge in [-0.2, -0.15) is 0 Å². The lowest BCUT2D eigenvalue weighted by Gasteiger charge is -1.97. The zero-order valence-electron chi connectivity index (χ0n) is 9.61. The molecule has 0 bridgehead atoms. The molecule has 0 saturated heterocycles. The molecule has 0 aliphatic rings. The Morgan fingerprint density at radius 1 is 1.33 bits per heavy atom. The Hall–Kier alpha value is -1.68. The van der Waals surface area contributed by atoms with Crippen molar-refractivity contribution >= 4 is 27.8 Å². The van der Waals surface area contributed by atoms with Gasteiger partial charge in [-0.3, -0.25) is 4.79 Å². The molecular formula is C14H10BrFO2. The number of allylic oxidation sites excluding steroid dienone is 1. The molecule has 0 spiro atoms. The van der Waals surface area contributed by atoms with Crippen molar-refractivity contribution in [1.82, 2.24) is 0 Å². The van der Waals surface area contributed by atoms with Crippen LogP contribution in [0.25, 0.3) is 6.08 Å². The summed E-state index contributed by atoms with van der Waals surface area (Å²) in [7, 11) is 0. The maximum absolute atomic E-state index is 13.4. The number of benzene rings is 1. The second-order valence-corrected chi connectivity index (χ2v) is 4.69. The van der Waals surface area contributed by atoms with Crippen molar-refractivity contribution < 1.29 is 13.6 Å². The predicted molar refractivity (Wildman–Crippen MR) is 70.9 cm³/mol. The molecule has 4 heteroatoms. The Bertz CT molecular complexity index is 614. The topological polar surface area (TPSA) is 30.2 Å². The van der Waals surface area contributed by atoms with Crippen LogP contribution in [0.2, 0.25) is 0 Å². The van der Waals surface area contributed by atoms with Gasteiger partial charge in [0.25, 0.3) is 0 Å². The zero-order valence-corrected chi connectivity index (χ0v) is 11.2. The number of hydrogen-bond acceptors (Lipinski definition) is 2. The van der Waals surface area contributed by atoms with E-state index in [1.54, 1.807) is 31.2 Å². The summed E-state index contributed by atoms with van der Waals surface area (Å²) in [5.41, 5.74) is 0.348. The fourth-order valence-electron chi connectivity index (χ4n) is 1.46. The summed E-state index contributed by atoms with van der Waals surface area (Å²) in [6.45, 7) is 1.76. The van der Waals surface area contributed by atoms with E-state index in [0.717, 1.165) is 4.47 Å². The van der Waals surface area contributed by atoms with E-state index in [2.05, 4.69) is 15.9 Å². The van der Waals surface area contributed by atoms with Crippen LogP contribution in [0.1, 0.15) is 21.9 Å². The first-order valence-electron chi connectivity index (χ1n) is 5.30. The number of hydrogen-bond donors (Lipinski definition) is 0. The average molecular weight is 309 g/mol. The van der Waals surface area contributed by atoms with Crippen LogP contribution in [-0.4, -0.2) is 5.78 Å². The van der Waals surface area contributed by atoms with Crippen molar-refractivity contribution in [2.45, 2.75) is 6.92 Å². The quantitative estimate of drug-likeness (QED) is 0.622. The smallest absolute Gasteiger partial charge is 0.221 e. The van der Waals surface area contributed by atoms with Crippen molar-refractivity contribution in [2.75, 3.05) is 0 Å². The molecule has 2 aromatic rings. The van der Waals surface area contributed by atoms with Gasteiger partial charge in [-0.1, -0.05) is 15.9 Å². The first kappa shape index (κ1) is 12.8. The molecule has 1 aromatic heterocycles. The Kier molecular flexibility index (Phi) is 3.77. The average Bonchev–Trinajstić information content (AvgIpc) is 2.77. The lowest BCUT2D eigenvalue weighted by Crippen LogP contribution is -1.91. The van der Waals surface area contributed by atoms with Crippen LogP contribution in [0.4, 0.5) is 4.39 Å². The largest absolute Gasteiger partial charge is 0.458 e. The van der Waals surface area contributed by atoms with Gasteiger partial charge in [0.1, 0.15) is 11.6 Å². The fraction of sp³-hybridized carbons (Fsp3) is 0.0714. The van der Waals surface area contributed by atoms with E-state index in [1.807, 2.05) is 0 Å². The van der Waals surface area contributed by atoms with Crippen molar-refractivity contribution in [1.29, 1.82) is 0 Å². The summed E-state index contributed by atoms with van der Waals surface area (Å²) in [5, 5.41) is 0. The van der Waals surface area contributed by atoms with Gasteiger partial charge in [-0.25, -0.2) is 4.39 Å². The molecule has 0 radical (unpaired) electrons. The Morgan fingerprint density at radius 2 is 2.11 bits per heavy atom. The highest BCUT2D eigenvalue weighted by Crippen LogP contribution is 2.17. The molecule has 0 amide bonds. The van der Waals surface area contributed by atoms with Crippen molar-refractivity contribution in [3.63, 3.8) is 0 Å². The SMILES string of the molecule is Cc1ccc(C(=O)C=Cc2cc(Br)ccc2F)o1. The third kappa shape index (κ3) is 2.96. The number of ketones is 1. The highest BCUT2D eigenvalue weighted by molar-refractivity contribution is 9.10. The number of halogens is 2. The molecule has 1 aromatic carbocycles. The minimum absolute atomic E-state index is 0.249. The maximum Gasteiger partial charge on any atom is 0.221 e. The van der Waals surface area contributed by atoms with Gasteiger partial charge < -0.3 is 4.42 Å². The second-order valence-electron chi connectivity index (χ2n) is 3.77. The van der Waals surface area contributed by atoms with E-state index in [9.17, 15) is 9.18 Å². The van der Waals surface area contributed by atoms with Crippen molar-refractivity contribution in [2.24, 2.45) is 0 Å². The first-order chi connectivity index (χ1) is 8.56. The molecule has 0 N–H and O–H groups in total. The molecule has 0 aliphatic heterocycles. The fourth-order valence-corrected chi connectivity index (χ4v) is 1.84. The first-order valence-corrected chi connectivity index (χ1v) is 6.09. The number of carbonyl (C=O) groups excluding carboxylic acids is 1. The van der Waals surface area contributed by atoms with Crippen molar-refractivity contribution in [3.8, 4) is 0 Å². The number of carbonyl (C=O) groups is 1. The Labute approximate surface area is 112 Å². The van der Waals surface area contributed by atoms with Gasteiger partial charge in [0.15, 0.2) is 5.76 Å². The molecule has 0 aliphatic carbocycles. The summed E-state index contributed by atoms with van der Waals surface area (Å²) in [4.78, 5) is 11.7. The summed E-state index contributed by atoms with van der Waals surface area (Å²) in [6.07, 6.45) is 2.73. The number of rotatable bonds is 3. The summed E-state index contributed by atoms with van der Waals surface area (Å²) in [6, 6.07) is 7.85. The summed E-state index contributed by atoms with van der Waals surface area (Å²) >= 11 is 3.25. The monoisotopic (exact) mass is 308 g/mol. The molecule has 18 heavy (non-hydrogen) atoms. The minimum atomic E-state index is -0.377. The van der Waals surface area contributed by atoms with E-state index in [0.29, 0.717) is 11.3 Å². The Morgan fingerprint density at radius 3 is 2.78 bits per heavy atom. The molecular weight excluding hydrogens is 299 g/mol. The third-order valence-electron chi connectivity index (χ3n) is 2.36. The van der Waals surface area contributed by atoms with Gasteiger partial charge in [-0.15, -0.1) is 0 Å². The molecule has 0 saturated carbocycles. The molecule has 0 unspecified atom stereocenters. The normalized spacial score (nSPS) is 11.1. The Balaban J connectivity index is 2.20. The lowest BCUT2D eigenvalue weighted by molar-refractivity contribution is 0.102. The van der Waals surface area contributed by atoms with Gasteiger partial charge in [0.05, 0.1) is 0 Å². The van der Waals surface area contributed by atoms with Gasteiger partial charge >= 0.3 is 0 Å². The second kappa shape index (κ2) is 5.31. The number of aryl methyl sites for hydroxylation is 1. The summed E-state index contributed by atoms with van der Waals surface area (Å²) in [5.74, 6) is 0.250. The minimum Gasteiger partial charge on any atom is -0.458 e. The van der Waals surface area contributed by atoms with Gasteiger partial charge in [0, 0.05) is 10.0 Å². The van der Waals surface area contributed by atoms with Gasteiger partial charge in [0.2, 0.25) is 5.78 Å². The van der Waals surface area contributed by atoms with Crippen LogP contribution in [-0.2, 0) is 0 Å². The van der Waals surface area contributed by atoms with Crippen LogP contribution in [0, 0.1) is 12.7 Å². The van der Waals surface area contributed by atoms with Crippen LogP contribution >= 0.6 is 15.9 Å². The highest BCUT2D eigenvalue weighted by atomic mass is 79.9. The van der Waals surface area contributed by atoms with Crippen molar-refractivity contribution in [3.05, 3.63) is 63.8 Å².